The summed E-state index contributed by atoms with van der Waals surface area (Å²) in [6.45, 7) is 5.17. The second kappa shape index (κ2) is 3.07. The van der Waals surface area contributed by atoms with Crippen molar-refractivity contribution >= 4 is 15.9 Å². The van der Waals surface area contributed by atoms with Gasteiger partial charge in [0.05, 0.1) is 6.61 Å². The molecule has 0 spiro atoms. The van der Waals surface area contributed by atoms with Crippen LogP contribution in [0.15, 0.2) is 22.9 Å². The summed E-state index contributed by atoms with van der Waals surface area (Å²) in [5.41, 5.74) is 1.12. The van der Waals surface area contributed by atoms with Crippen LogP contribution in [0.4, 0.5) is 0 Å². The average Bonchev–Trinajstić information content (AvgIpc) is 2.83. The van der Waals surface area contributed by atoms with E-state index in [-0.39, 0.29) is 5.60 Å². The molecule has 70 valence electrons. The molecular formula is C10H12BrNO. The largest absolute Gasteiger partial charge is 0.364 e. The first-order chi connectivity index (χ1) is 6.15. The van der Waals surface area contributed by atoms with Gasteiger partial charge in [0.1, 0.15) is 5.60 Å². The third kappa shape index (κ3) is 1.51. The summed E-state index contributed by atoms with van der Waals surface area (Å²) in [6.07, 6.45) is 3.68. The zero-order valence-electron chi connectivity index (χ0n) is 7.75. The van der Waals surface area contributed by atoms with Gasteiger partial charge in [0.25, 0.3) is 0 Å². The molecule has 2 rings (SSSR count). The van der Waals surface area contributed by atoms with Crippen LogP contribution in [0, 0.1) is 5.92 Å². The van der Waals surface area contributed by atoms with Gasteiger partial charge in [-0.3, -0.25) is 4.98 Å². The lowest BCUT2D eigenvalue weighted by atomic mass is 9.90. The molecule has 0 aromatic carbocycles. The predicted octanol–water partition coefficient (Wildman–Crippen LogP) is 2.73. The summed E-state index contributed by atoms with van der Waals surface area (Å²) < 4.78 is 6.55. The highest BCUT2D eigenvalue weighted by Gasteiger charge is 2.49. The van der Waals surface area contributed by atoms with Crippen LogP contribution >= 0.6 is 15.9 Å². The summed E-state index contributed by atoms with van der Waals surface area (Å²) in [6, 6.07) is 2.08. The molecule has 0 bridgehead atoms. The Bertz CT molecular complexity index is 320. The molecule has 0 aliphatic carbocycles. The van der Waals surface area contributed by atoms with Crippen molar-refractivity contribution in [1.29, 1.82) is 0 Å². The average molecular weight is 242 g/mol. The van der Waals surface area contributed by atoms with Gasteiger partial charge >= 0.3 is 0 Å². The van der Waals surface area contributed by atoms with Crippen molar-refractivity contribution in [3.8, 4) is 0 Å². The van der Waals surface area contributed by atoms with Crippen molar-refractivity contribution in [3.05, 3.63) is 28.5 Å². The Kier molecular flexibility index (Phi) is 2.16. The molecule has 13 heavy (non-hydrogen) atoms. The minimum absolute atomic E-state index is 0.0587. The maximum Gasteiger partial charge on any atom is 0.120 e. The fraction of sp³-hybridized carbons (Fsp3) is 0.500. The zero-order valence-corrected chi connectivity index (χ0v) is 9.34. The van der Waals surface area contributed by atoms with Gasteiger partial charge in [-0.25, -0.2) is 0 Å². The second-order valence-corrected chi connectivity index (χ2v) is 4.64. The number of epoxide rings is 1. The predicted molar refractivity (Wildman–Crippen MR) is 54.4 cm³/mol. The van der Waals surface area contributed by atoms with Gasteiger partial charge in [-0.1, -0.05) is 13.8 Å². The van der Waals surface area contributed by atoms with Crippen LogP contribution in [0.2, 0.25) is 0 Å². The summed E-state index contributed by atoms with van der Waals surface area (Å²) in [7, 11) is 0. The van der Waals surface area contributed by atoms with Crippen molar-refractivity contribution in [2.24, 2.45) is 5.92 Å². The molecule has 1 fully saturated rings. The number of hydrogen-bond acceptors (Lipinski definition) is 2. The Balaban J connectivity index is 2.35. The van der Waals surface area contributed by atoms with Crippen molar-refractivity contribution in [2.75, 3.05) is 6.61 Å². The van der Waals surface area contributed by atoms with E-state index in [1.54, 1.807) is 6.20 Å². The molecule has 1 unspecified atom stereocenters. The van der Waals surface area contributed by atoms with Gasteiger partial charge in [0, 0.05) is 22.4 Å². The Morgan fingerprint density at radius 1 is 1.54 bits per heavy atom. The first-order valence-corrected chi connectivity index (χ1v) is 5.19. The molecule has 1 aliphatic rings. The molecule has 2 nitrogen and oxygen atoms in total. The van der Waals surface area contributed by atoms with Crippen LogP contribution in [0.3, 0.4) is 0 Å². The topological polar surface area (TPSA) is 25.4 Å². The van der Waals surface area contributed by atoms with E-state index >= 15 is 0 Å². The number of halogens is 1. The first-order valence-electron chi connectivity index (χ1n) is 4.40. The van der Waals surface area contributed by atoms with Gasteiger partial charge in [-0.05, 0) is 27.9 Å². The van der Waals surface area contributed by atoms with E-state index in [1.165, 1.54) is 5.56 Å². The second-order valence-electron chi connectivity index (χ2n) is 3.72. The lowest BCUT2D eigenvalue weighted by Crippen LogP contribution is -2.16. The van der Waals surface area contributed by atoms with E-state index in [9.17, 15) is 0 Å². The monoisotopic (exact) mass is 241 g/mol. The van der Waals surface area contributed by atoms with Crippen molar-refractivity contribution in [2.45, 2.75) is 19.4 Å². The third-order valence-electron chi connectivity index (χ3n) is 2.58. The van der Waals surface area contributed by atoms with E-state index in [2.05, 4.69) is 40.8 Å². The third-order valence-corrected chi connectivity index (χ3v) is 3.02. The standard InChI is InChI=1S/C10H12BrNO/c1-7(2)10(6-13-10)8-3-9(11)5-12-4-8/h3-5,7H,6H2,1-2H3. The number of rotatable bonds is 2. The molecule has 1 aromatic heterocycles. The minimum Gasteiger partial charge on any atom is -0.364 e. The normalized spacial score (nSPS) is 26.5. The van der Waals surface area contributed by atoms with Crippen LogP contribution < -0.4 is 0 Å². The Hall–Kier alpha value is -0.410. The SMILES string of the molecule is CC(C)C1(c2cncc(Br)c2)CO1. The molecule has 1 saturated heterocycles. The van der Waals surface area contributed by atoms with Crippen molar-refractivity contribution in [3.63, 3.8) is 0 Å². The number of pyridine rings is 1. The molecule has 0 saturated carbocycles. The lowest BCUT2D eigenvalue weighted by Gasteiger charge is -2.15. The van der Waals surface area contributed by atoms with E-state index < -0.39 is 0 Å². The molecule has 1 aromatic rings. The molecule has 2 heterocycles. The summed E-state index contributed by atoms with van der Waals surface area (Å²) in [5, 5.41) is 0. The summed E-state index contributed by atoms with van der Waals surface area (Å²) in [4.78, 5) is 4.15. The van der Waals surface area contributed by atoms with E-state index in [0.717, 1.165) is 11.1 Å². The maximum atomic E-state index is 5.54. The fourth-order valence-corrected chi connectivity index (χ4v) is 1.92. The van der Waals surface area contributed by atoms with E-state index in [0.29, 0.717) is 5.92 Å². The zero-order chi connectivity index (χ0) is 9.47. The molecule has 3 heteroatoms. The van der Waals surface area contributed by atoms with Crippen molar-refractivity contribution in [1.82, 2.24) is 4.98 Å². The van der Waals surface area contributed by atoms with Gasteiger partial charge in [-0.2, -0.15) is 0 Å². The maximum absolute atomic E-state index is 5.54. The van der Waals surface area contributed by atoms with Crippen LogP contribution in [0.5, 0.6) is 0 Å². The van der Waals surface area contributed by atoms with E-state index in [1.807, 2.05) is 6.20 Å². The number of ether oxygens (including phenoxy) is 1. The molecule has 0 N–H and O–H groups in total. The number of hydrogen-bond donors (Lipinski definition) is 0. The molecular weight excluding hydrogens is 230 g/mol. The fourth-order valence-electron chi connectivity index (χ4n) is 1.55. The minimum atomic E-state index is -0.0587. The van der Waals surface area contributed by atoms with Crippen LogP contribution in [0.25, 0.3) is 0 Å². The van der Waals surface area contributed by atoms with Crippen molar-refractivity contribution < 1.29 is 4.74 Å². The number of aromatic nitrogens is 1. The summed E-state index contributed by atoms with van der Waals surface area (Å²) >= 11 is 3.41. The van der Waals surface area contributed by atoms with Gasteiger partial charge in [0.2, 0.25) is 0 Å². The highest BCUT2D eigenvalue weighted by atomic mass is 79.9. The van der Waals surface area contributed by atoms with Crippen LogP contribution in [0.1, 0.15) is 19.4 Å². The Morgan fingerprint density at radius 2 is 2.23 bits per heavy atom. The molecule has 0 amide bonds. The molecule has 1 aliphatic heterocycles. The van der Waals surface area contributed by atoms with Gasteiger partial charge in [0.15, 0.2) is 0 Å². The first kappa shape index (κ1) is 9.16. The quantitative estimate of drug-likeness (QED) is 0.745. The molecule has 0 radical (unpaired) electrons. The van der Waals surface area contributed by atoms with E-state index in [4.69, 9.17) is 4.74 Å². The lowest BCUT2D eigenvalue weighted by molar-refractivity contribution is 0.242. The highest BCUT2D eigenvalue weighted by Crippen LogP contribution is 2.45. The number of nitrogens with zero attached hydrogens (tertiary/aromatic N) is 1. The van der Waals surface area contributed by atoms with Gasteiger partial charge in [-0.15, -0.1) is 0 Å². The van der Waals surface area contributed by atoms with Crippen LogP contribution in [-0.2, 0) is 10.3 Å². The molecule has 1 atom stereocenters. The smallest absolute Gasteiger partial charge is 0.120 e. The van der Waals surface area contributed by atoms with Crippen LogP contribution in [-0.4, -0.2) is 11.6 Å². The summed E-state index contributed by atoms with van der Waals surface area (Å²) in [5.74, 6) is 0.503. The van der Waals surface area contributed by atoms with Gasteiger partial charge < -0.3 is 4.74 Å². The Morgan fingerprint density at radius 3 is 2.69 bits per heavy atom. The highest BCUT2D eigenvalue weighted by molar-refractivity contribution is 9.10. The Labute approximate surface area is 86.5 Å².